The minimum absolute atomic E-state index is 0.00287. The van der Waals surface area contributed by atoms with Crippen molar-refractivity contribution in [2.45, 2.75) is 31.4 Å². The maximum atomic E-state index is 11.9. The van der Waals surface area contributed by atoms with Gasteiger partial charge in [0.2, 0.25) is 0 Å². The molecule has 0 aliphatic carbocycles. The zero-order valence-corrected chi connectivity index (χ0v) is 8.20. The van der Waals surface area contributed by atoms with E-state index in [2.05, 4.69) is 5.32 Å². The monoisotopic (exact) mass is 211 g/mol. The van der Waals surface area contributed by atoms with E-state index >= 15 is 0 Å². The quantitative estimate of drug-likeness (QED) is 0.730. The molecule has 1 saturated heterocycles. The zero-order chi connectivity index (χ0) is 9.68. The van der Waals surface area contributed by atoms with Crippen LogP contribution in [0, 0.1) is 0 Å². The van der Waals surface area contributed by atoms with Crippen LogP contribution in [0.1, 0.15) is 12.8 Å². The van der Waals surface area contributed by atoms with Gasteiger partial charge in [-0.05, 0) is 18.6 Å². The van der Waals surface area contributed by atoms with Gasteiger partial charge < -0.3 is 10.4 Å². The Labute approximate surface area is 81.1 Å². The molecule has 1 heterocycles. The van der Waals surface area contributed by atoms with Crippen LogP contribution >= 0.6 is 11.8 Å². The summed E-state index contributed by atoms with van der Waals surface area (Å²) in [6.45, 7) is 0.00287. The van der Waals surface area contributed by atoms with Gasteiger partial charge in [0.05, 0.1) is 0 Å². The Morgan fingerprint density at radius 2 is 2.31 bits per heavy atom. The normalized spacial score (nSPS) is 26.3. The van der Waals surface area contributed by atoms with Gasteiger partial charge in [-0.25, -0.2) is 8.78 Å². The van der Waals surface area contributed by atoms with E-state index in [-0.39, 0.29) is 6.54 Å². The molecule has 0 saturated carbocycles. The Bertz CT molecular complexity index is 142. The molecule has 2 atom stereocenters. The van der Waals surface area contributed by atoms with Crippen LogP contribution in [0.2, 0.25) is 0 Å². The van der Waals surface area contributed by atoms with Gasteiger partial charge in [0.1, 0.15) is 6.10 Å². The van der Waals surface area contributed by atoms with Gasteiger partial charge in [-0.3, -0.25) is 0 Å². The number of hydrogen-bond donors (Lipinski definition) is 2. The van der Waals surface area contributed by atoms with Crippen LogP contribution in [0.5, 0.6) is 0 Å². The highest BCUT2D eigenvalue weighted by atomic mass is 32.2. The van der Waals surface area contributed by atoms with Gasteiger partial charge in [-0.2, -0.15) is 11.8 Å². The maximum Gasteiger partial charge on any atom is 0.265 e. The van der Waals surface area contributed by atoms with Crippen molar-refractivity contribution >= 4 is 11.8 Å². The summed E-state index contributed by atoms with van der Waals surface area (Å²) in [5, 5.41) is 11.8. The number of rotatable bonds is 4. The molecule has 2 nitrogen and oxygen atoms in total. The lowest BCUT2D eigenvalue weighted by Crippen LogP contribution is -2.40. The molecule has 0 aromatic carbocycles. The Balaban J connectivity index is 2.10. The first-order valence-electron chi connectivity index (χ1n) is 4.47. The molecule has 0 amide bonds. The summed E-state index contributed by atoms with van der Waals surface area (Å²) in [5.41, 5.74) is 0. The van der Waals surface area contributed by atoms with E-state index in [0.717, 1.165) is 24.3 Å². The fraction of sp³-hybridized carbons (Fsp3) is 1.00. The molecule has 0 bridgehead atoms. The molecule has 1 fully saturated rings. The lowest BCUT2D eigenvalue weighted by molar-refractivity contribution is -0.00443. The smallest absolute Gasteiger partial charge is 0.265 e. The molecule has 1 rings (SSSR count). The molecule has 1 aliphatic rings. The molecule has 2 N–H and O–H groups in total. The highest BCUT2D eigenvalue weighted by molar-refractivity contribution is 7.99. The second-order valence-electron chi connectivity index (χ2n) is 3.22. The molecule has 2 unspecified atom stereocenters. The highest BCUT2D eigenvalue weighted by Crippen LogP contribution is 2.16. The van der Waals surface area contributed by atoms with Gasteiger partial charge in [-0.1, -0.05) is 0 Å². The van der Waals surface area contributed by atoms with Crippen molar-refractivity contribution in [2.75, 3.05) is 18.1 Å². The van der Waals surface area contributed by atoms with E-state index < -0.39 is 12.5 Å². The molecule has 1 aliphatic heterocycles. The predicted molar refractivity (Wildman–Crippen MR) is 50.4 cm³/mol. The van der Waals surface area contributed by atoms with Crippen LogP contribution in [-0.4, -0.2) is 41.7 Å². The number of aliphatic hydroxyl groups excluding tert-OH is 1. The van der Waals surface area contributed by atoms with Crippen molar-refractivity contribution in [2.24, 2.45) is 0 Å². The van der Waals surface area contributed by atoms with Gasteiger partial charge >= 0.3 is 0 Å². The van der Waals surface area contributed by atoms with Crippen LogP contribution in [0.25, 0.3) is 0 Å². The Hall–Kier alpha value is 0.130. The Morgan fingerprint density at radius 1 is 1.54 bits per heavy atom. The predicted octanol–water partition coefficient (Wildman–Crippen LogP) is 1.10. The number of halogens is 2. The lowest BCUT2D eigenvalue weighted by Gasteiger charge is -2.23. The third kappa shape index (κ3) is 4.24. The van der Waals surface area contributed by atoms with Crippen LogP contribution < -0.4 is 5.32 Å². The SMILES string of the molecule is OC(CNC1CCCSC1)C(F)F. The summed E-state index contributed by atoms with van der Waals surface area (Å²) < 4.78 is 23.8. The molecule has 0 spiro atoms. The molecule has 13 heavy (non-hydrogen) atoms. The van der Waals surface area contributed by atoms with Crippen molar-refractivity contribution in [3.63, 3.8) is 0 Å². The third-order valence-electron chi connectivity index (χ3n) is 2.07. The second-order valence-corrected chi connectivity index (χ2v) is 4.37. The van der Waals surface area contributed by atoms with E-state index in [9.17, 15) is 8.78 Å². The van der Waals surface area contributed by atoms with E-state index in [4.69, 9.17) is 5.11 Å². The number of nitrogens with one attached hydrogen (secondary N) is 1. The summed E-state index contributed by atoms with van der Waals surface area (Å²) in [4.78, 5) is 0. The number of aliphatic hydroxyl groups is 1. The van der Waals surface area contributed by atoms with E-state index in [1.54, 1.807) is 0 Å². The van der Waals surface area contributed by atoms with Gasteiger partial charge in [-0.15, -0.1) is 0 Å². The molecule has 0 aromatic rings. The third-order valence-corrected chi connectivity index (χ3v) is 3.28. The van der Waals surface area contributed by atoms with Crippen LogP contribution in [0.15, 0.2) is 0 Å². The van der Waals surface area contributed by atoms with Crippen molar-refractivity contribution in [3.8, 4) is 0 Å². The molecule has 78 valence electrons. The minimum atomic E-state index is -2.64. The van der Waals surface area contributed by atoms with Crippen LogP contribution in [0.4, 0.5) is 8.78 Å². The summed E-state index contributed by atoms with van der Waals surface area (Å²) in [6.07, 6.45) is -1.99. The van der Waals surface area contributed by atoms with Crippen molar-refractivity contribution < 1.29 is 13.9 Å². The molecule has 0 aromatic heterocycles. The van der Waals surface area contributed by atoms with Gasteiger partial charge in [0, 0.05) is 18.3 Å². The van der Waals surface area contributed by atoms with E-state index in [0.29, 0.717) is 6.04 Å². The topological polar surface area (TPSA) is 32.3 Å². The Morgan fingerprint density at radius 3 is 2.85 bits per heavy atom. The van der Waals surface area contributed by atoms with Gasteiger partial charge in [0.25, 0.3) is 6.43 Å². The fourth-order valence-electron chi connectivity index (χ4n) is 1.28. The summed E-state index contributed by atoms with van der Waals surface area (Å²) >= 11 is 1.83. The zero-order valence-electron chi connectivity index (χ0n) is 7.38. The number of alkyl halides is 2. The largest absolute Gasteiger partial charge is 0.386 e. The first-order chi connectivity index (χ1) is 6.20. The summed E-state index contributed by atoms with van der Waals surface area (Å²) in [7, 11) is 0. The van der Waals surface area contributed by atoms with Crippen LogP contribution in [-0.2, 0) is 0 Å². The van der Waals surface area contributed by atoms with Crippen molar-refractivity contribution in [1.29, 1.82) is 0 Å². The molecule has 5 heteroatoms. The van der Waals surface area contributed by atoms with Crippen LogP contribution in [0.3, 0.4) is 0 Å². The Kier molecular flexibility index (Phi) is 4.98. The molecular weight excluding hydrogens is 196 g/mol. The fourth-order valence-corrected chi connectivity index (χ4v) is 2.38. The van der Waals surface area contributed by atoms with Crippen molar-refractivity contribution in [1.82, 2.24) is 5.32 Å². The van der Waals surface area contributed by atoms with Crippen molar-refractivity contribution in [3.05, 3.63) is 0 Å². The summed E-state index contributed by atoms with van der Waals surface area (Å²) in [6, 6.07) is 0.298. The minimum Gasteiger partial charge on any atom is -0.386 e. The van der Waals surface area contributed by atoms with E-state index in [1.807, 2.05) is 11.8 Å². The van der Waals surface area contributed by atoms with E-state index in [1.165, 1.54) is 0 Å². The highest BCUT2D eigenvalue weighted by Gasteiger charge is 2.19. The first-order valence-corrected chi connectivity index (χ1v) is 5.63. The standard InChI is InChI=1S/C8H15F2NOS/c9-8(10)7(12)4-11-6-2-1-3-13-5-6/h6-8,11-12H,1-5H2. The average Bonchev–Trinajstić information content (AvgIpc) is 2.15. The average molecular weight is 211 g/mol. The first kappa shape index (κ1) is 11.2. The number of thioether (sulfide) groups is 1. The maximum absolute atomic E-state index is 11.9. The molecule has 0 radical (unpaired) electrons. The molecular formula is C8H15F2NOS. The lowest BCUT2D eigenvalue weighted by atomic mass is 10.2. The van der Waals surface area contributed by atoms with Gasteiger partial charge in [0.15, 0.2) is 0 Å². The second kappa shape index (κ2) is 5.78. The number of hydrogen-bond acceptors (Lipinski definition) is 3. The summed E-state index contributed by atoms with van der Waals surface area (Å²) in [5.74, 6) is 2.13.